The van der Waals surface area contributed by atoms with E-state index < -0.39 is 16.0 Å². The highest BCUT2D eigenvalue weighted by Gasteiger charge is 2.27. The Labute approximate surface area is 216 Å². The molecular weight excluding hydrogens is 493 g/mol. The Balaban J connectivity index is 1.43. The van der Waals surface area contributed by atoms with Gasteiger partial charge in [-0.05, 0) is 54.4 Å². The van der Waals surface area contributed by atoms with Gasteiger partial charge in [-0.3, -0.25) is 9.10 Å². The molecule has 0 radical (unpaired) electrons. The first kappa shape index (κ1) is 26.1. The van der Waals surface area contributed by atoms with E-state index in [2.05, 4.69) is 10.3 Å². The van der Waals surface area contributed by atoms with E-state index in [4.69, 9.17) is 0 Å². The van der Waals surface area contributed by atoms with Crippen LogP contribution in [0.15, 0.2) is 85.2 Å². The third-order valence-corrected chi connectivity index (χ3v) is 7.70. The molecule has 0 bridgehead atoms. The quantitative estimate of drug-likeness (QED) is 0.360. The van der Waals surface area contributed by atoms with Crippen LogP contribution >= 0.6 is 0 Å². The molecule has 192 valence electrons. The Hall–Kier alpha value is -4.02. The number of carbonyl (C=O) groups is 1. The van der Waals surface area contributed by atoms with Crippen LogP contribution in [0.1, 0.15) is 27.3 Å². The number of rotatable bonds is 9. The molecule has 1 heterocycles. The summed E-state index contributed by atoms with van der Waals surface area (Å²) >= 11 is 0. The first-order valence-corrected chi connectivity index (χ1v) is 13.0. The van der Waals surface area contributed by atoms with Crippen molar-refractivity contribution >= 4 is 21.8 Å². The molecule has 0 fully saturated rings. The van der Waals surface area contributed by atoms with Gasteiger partial charge in [-0.1, -0.05) is 36.4 Å². The average molecular weight is 522 g/mol. The number of aryl methyl sites for hydroxylation is 1. The summed E-state index contributed by atoms with van der Waals surface area (Å²) in [4.78, 5) is 16.9. The standard InChI is InChI=1S/C27H28FN5O3S/c1-20-29-16-17-32(20)24-14-10-21(11-15-24)18-30-27(34)23-12-8-22(9-13-23)19-33(37(35,36)31(2)3)26-7-5-4-6-25(26)28/h4-17H,18-19H2,1-3H3,(H,30,34). The lowest BCUT2D eigenvalue weighted by molar-refractivity contribution is 0.0951. The second kappa shape index (κ2) is 10.9. The molecule has 0 aliphatic rings. The number of nitrogens with zero attached hydrogens (tertiary/aromatic N) is 4. The largest absolute Gasteiger partial charge is 0.348 e. The van der Waals surface area contributed by atoms with Crippen molar-refractivity contribution in [2.45, 2.75) is 20.0 Å². The highest BCUT2D eigenvalue weighted by atomic mass is 32.2. The van der Waals surface area contributed by atoms with Crippen LogP contribution < -0.4 is 9.62 Å². The predicted molar refractivity (Wildman–Crippen MR) is 141 cm³/mol. The van der Waals surface area contributed by atoms with Gasteiger partial charge in [0.1, 0.15) is 11.6 Å². The molecule has 0 unspecified atom stereocenters. The van der Waals surface area contributed by atoms with Gasteiger partial charge in [-0.25, -0.2) is 9.37 Å². The number of amides is 1. The van der Waals surface area contributed by atoms with E-state index in [9.17, 15) is 17.6 Å². The highest BCUT2D eigenvalue weighted by Crippen LogP contribution is 2.25. The van der Waals surface area contributed by atoms with Crippen LogP contribution in [0.25, 0.3) is 5.69 Å². The Morgan fingerprint density at radius 1 is 0.973 bits per heavy atom. The normalized spacial score (nSPS) is 11.5. The van der Waals surface area contributed by atoms with Gasteiger partial charge in [0.25, 0.3) is 5.91 Å². The summed E-state index contributed by atoms with van der Waals surface area (Å²) in [5, 5.41) is 2.89. The van der Waals surface area contributed by atoms with Crippen molar-refractivity contribution in [2.75, 3.05) is 18.4 Å². The van der Waals surface area contributed by atoms with Crippen LogP contribution in [0.4, 0.5) is 10.1 Å². The average Bonchev–Trinajstić information content (AvgIpc) is 3.32. The number of hydrogen-bond acceptors (Lipinski definition) is 4. The van der Waals surface area contributed by atoms with E-state index in [1.807, 2.05) is 42.0 Å². The molecule has 0 aliphatic heterocycles. The van der Waals surface area contributed by atoms with E-state index >= 15 is 0 Å². The lowest BCUT2D eigenvalue weighted by Crippen LogP contribution is -2.40. The molecule has 8 nitrogen and oxygen atoms in total. The number of para-hydroxylation sites is 1. The second-order valence-corrected chi connectivity index (χ2v) is 10.7. The van der Waals surface area contributed by atoms with Crippen LogP contribution in [0.2, 0.25) is 0 Å². The first-order valence-electron chi connectivity index (χ1n) is 11.6. The minimum Gasteiger partial charge on any atom is -0.348 e. The Morgan fingerprint density at radius 2 is 1.62 bits per heavy atom. The van der Waals surface area contributed by atoms with Crippen LogP contribution in [0.3, 0.4) is 0 Å². The summed E-state index contributed by atoms with van der Waals surface area (Å²) < 4.78 is 44.3. The molecular formula is C27H28FN5O3S. The number of benzene rings is 3. The minimum absolute atomic E-state index is 0.0489. The van der Waals surface area contributed by atoms with E-state index in [0.29, 0.717) is 17.7 Å². The molecule has 0 saturated carbocycles. The van der Waals surface area contributed by atoms with E-state index in [1.165, 1.54) is 32.3 Å². The molecule has 1 aromatic heterocycles. The van der Waals surface area contributed by atoms with Gasteiger partial charge in [-0.2, -0.15) is 12.7 Å². The minimum atomic E-state index is -3.96. The smallest absolute Gasteiger partial charge is 0.303 e. The molecule has 4 rings (SSSR count). The van der Waals surface area contributed by atoms with Crippen LogP contribution in [-0.2, 0) is 23.3 Å². The summed E-state index contributed by atoms with van der Waals surface area (Å²) in [5.74, 6) is -0.00842. The predicted octanol–water partition coefficient (Wildman–Crippen LogP) is 4.06. The molecule has 3 aromatic carbocycles. The summed E-state index contributed by atoms with van der Waals surface area (Å²) in [6.45, 7) is 2.19. The van der Waals surface area contributed by atoms with Crippen molar-refractivity contribution < 1.29 is 17.6 Å². The van der Waals surface area contributed by atoms with E-state index in [-0.39, 0.29) is 18.1 Å². The number of aromatic nitrogens is 2. The van der Waals surface area contributed by atoms with Gasteiger partial charge in [0.15, 0.2) is 0 Å². The number of halogens is 1. The van der Waals surface area contributed by atoms with E-state index in [0.717, 1.165) is 25.7 Å². The monoisotopic (exact) mass is 521 g/mol. The lowest BCUT2D eigenvalue weighted by Gasteiger charge is -2.27. The number of nitrogens with one attached hydrogen (secondary N) is 1. The molecule has 0 spiro atoms. The van der Waals surface area contributed by atoms with Gasteiger partial charge >= 0.3 is 10.2 Å². The molecule has 0 atom stereocenters. The zero-order chi connectivity index (χ0) is 26.6. The lowest BCUT2D eigenvalue weighted by atomic mass is 10.1. The highest BCUT2D eigenvalue weighted by molar-refractivity contribution is 7.90. The molecule has 10 heteroatoms. The molecule has 37 heavy (non-hydrogen) atoms. The van der Waals surface area contributed by atoms with Crippen molar-refractivity contribution in [3.05, 3.63) is 114 Å². The van der Waals surface area contributed by atoms with Crippen LogP contribution in [-0.4, -0.2) is 42.3 Å². The number of anilines is 1. The van der Waals surface area contributed by atoms with Gasteiger partial charge in [-0.15, -0.1) is 0 Å². The molecule has 4 aromatic rings. The Morgan fingerprint density at radius 3 is 2.22 bits per heavy atom. The maximum Gasteiger partial charge on any atom is 0.303 e. The third kappa shape index (κ3) is 5.87. The summed E-state index contributed by atoms with van der Waals surface area (Å²) in [6.07, 6.45) is 3.63. The van der Waals surface area contributed by atoms with Gasteiger partial charge in [0, 0.05) is 44.3 Å². The molecule has 1 amide bonds. The van der Waals surface area contributed by atoms with Crippen LogP contribution in [0, 0.1) is 12.7 Å². The van der Waals surface area contributed by atoms with Crippen molar-refractivity contribution in [2.24, 2.45) is 0 Å². The zero-order valence-electron chi connectivity index (χ0n) is 20.8. The van der Waals surface area contributed by atoms with Gasteiger partial charge in [0.05, 0.1) is 12.2 Å². The molecule has 0 saturated heterocycles. The molecule has 0 aliphatic carbocycles. The Kier molecular flexibility index (Phi) is 7.70. The fourth-order valence-corrected chi connectivity index (χ4v) is 4.88. The van der Waals surface area contributed by atoms with Gasteiger partial charge in [0.2, 0.25) is 0 Å². The summed E-state index contributed by atoms with van der Waals surface area (Å²) in [5.41, 5.74) is 2.92. The van der Waals surface area contributed by atoms with Crippen LogP contribution in [0.5, 0.6) is 0 Å². The topological polar surface area (TPSA) is 87.5 Å². The van der Waals surface area contributed by atoms with Crippen molar-refractivity contribution in [3.8, 4) is 5.69 Å². The fourth-order valence-electron chi connectivity index (χ4n) is 3.78. The number of imidazole rings is 1. The fraction of sp³-hybridized carbons (Fsp3) is 0.185. The third-order valence-electron chi connectivity index (χ3n) is 5.90. The Bertz CT molecular complexity index is 1480. The maximum atomic E-state index is 14.5. The zero-order valence-corrected chi connectivity index (χ0v) is 21.6. The van der Waals surface area contributed by atoms with E-state index in [1.54, 1.807) is 36.5 Å². The number of hydrogen-bond donors (Lipinski definition) is 1. The first-order chi connectivity index (χ1) is 17.7. The maximum absolute atomic E-state index is 14.5. The number of carbonyl (C=O) groups excluding carboxylic acids is 1. The summed E-state index contributed by atoms with van der Waals surface area (Å²) in [7, 11) is -1.17. The van der Waals surface area contributed by atoms with Crippen molar-refractivity contribution in [1.82, 2.24) is 19.2 Å². The van der Waals surface area contributed by atoms with Crippen molar-refractivity contribution in [3.63, 3.8) is 0 Å². The van der Waals surface area contributed by atoms with Gasteiger partial charge < -0.3 is 9.88 Å². The molecule has 1 N–H and O–H groups in total. The summed E-state index contributed by atoms with van der Waals surface area (Å²) in [6, 6.07) is 20.1. The second-order valence-electron chi connectivity index (χ2n) is 8.64. The van der Waals surface area contributed by atoms with Crippen molar-refractivity contribution in [1.29, 1.82) is 0 Å². The SMILES string of the molecule is Cc1nccn1-c1ccc(CNC(=O)c2ccc(CN(c3ccccc3F)S(=O)(=O)N(C)C)cc2)cc1.